The molecule has 9 heavy (non-hydrogen) atoms. The maximum absolute atomic E-state index is 8.33. The summed E-state index contributed by atoms with van der Waals surface area (Å²) in [6.45, 7) is 7.24. The zero-order valence-corrected chi connectivity index (χ0v) is 7.60. The molecular formula is C6H14N2Si. The van der Waals surface area contributed by atoms with E-state index in [1.807, 2.05) is 7.05 Å². The second kappa shape index (κ2) is 2.99. The van der Waals surface area contributed by atoms with Crippen LogP contribution in [0.4, 0.5) is 0 Å². The van der Waals surface area contributed by atoms with Crippen molar-refractivity contribution in [2.45, 2.75) is 19.6 Å². The van der Waals surface area contributed by atoms with Crippen molar-refractivity contribution in [1.29, 1.82) is 5.26 Å². The largest absolute Gasteiger partial charge is 0.315 e. The van der Waals surface area contributed by atoms with E-state index in [4.69, 9.17) is 5.26 Å². The molecule has 0 fully saturated rings. The van der Waals surface area contributed by atoms with Crippen molar-refractivity contribution >= 4 is 8.24 Å². The van der Waals surface area contributed by atoms with E-state index in [0.717, 1.165) is 0 Å². The first-order chi connectivity index (χ1) is 3.98. The van der Waals surface area contributed by atoms with Crippen molar-refractivity contribution in [3.8, 4) is 6.07 Å². The molecule has 0 aliphatic carbocycles. The second-order valence-electron chi connectivity index (χ2n) is 3.18. The molecule has 2 nitrogen and oxygen atoms in total. The van der Waals surface area contributed by atoms with E-state index in [2.05, 4.69) is 30.3 Å². The molecule has 0 aromatic heterocycles. The van der Waals surface area contributed by atoms with Gasteiger partial charge in [-0.1, -0.05) is 19.6 Å². The summed E-state index contributed by atoms with van der Waals surface area (Å²) in [5.41, 5.74) is 0. The molecule has 0 unspecified atom stereocenters. The lowest BCUT2D eigenvalue weighted by molar-refractivity contribution is 0.574. The molecule has 0 rings (SSSR count). The van der Waals surface area contributed by atoms with Crippen LogP contribution >= 0.6 is 0 Å². The molecule has 3 heteroatoms. The predicted octanol–water partition coefficient (Wildman–Crippen LogP) is 1.28. The molecule has 0 aliphatic rings. The minimum absolute atomic E-state index is 0.565. The van der Waals surface area contributed by atoms with Gasteiger partial charge in [0.15, 0.2) is 0 Å². The molecule has 0 aromatic rings. The maximum atomic E-state index is 8.33. The van der Waals surface area contributed by atoms with Crippen molar-refractivity contribution in [1.82, 2.24) is 4.57 Å². The van der Waals surface area contributed by atoms with Crippen LogP contribution in [0.15, 0.2) is 0 Å². The summed E-state index contributed by atoms with van der Waals surface area (Å²) in [4.78, 5) is 0. The number of rotatable bonds is 2. The lowest BCUT2D eigenvalue weighted by Crippen LogP contribution is -2.43. The molecule has 0 bridgehead atoms. The van der Waals surface area contributed by atoms with Crippen molar-refractivity contribution in [3.05, 3.63) is 0 Å². The molecule has 0 atom stereocenters. The molecular weight excluding hydrogens is 128 g/mol. The molecule has 0 aliphatic heterocycles. The van der Waals surface area contributed by atoms with Crippen LogP contribution < -0.4 is 0 Å². The predicted molar refractivity (Wildman–Crippen MR) is 41.6 cm³/mol. The highest BCUT2D eigenvalue weighted by molar-refractivity contribution is 6.73. The first-order valence-electron chi connectivity index (χ1n) is 3.06. The average Bonchev–Trinajstić information content (AvgIpc) is 1.64. The molecule has 0 N–H and O–H groups in total. The Labute approximate surface area is 58.2 Å². The summed E-state index contributed by atoms with van der Waals surface area (Å²) in [6, 6.07) is 2.13. The fraction of sp³-hybridized carbons (Fsp3) is 0.833. The van der Waals surface area contributed by atoms with Crippen LogP contribution in [0, 0.1) is 11.3 Å². The quantitative estimate of drug-likeness (QED) is 0.429. The van der Waals surface area contributed by atoms with Crippen molar-refractivity contribution in [3.63, 3.8) is 0 Å². The Morgan fingerprint density at radius 3 is 2.00 bits per heavy atom. The zero-order valence-electron chi connectivity index (χ0n) is 6.60. The van der Waals surface area contributed by atoms with Crippen molar-refractivity contribution in [2.24, 2.45) is 0 Å². The Morgan fingerprint density at radius 1 is 1.44 bits per heavy atom. The van der Waals surface area contributed by atoms with Crippen LogP contribution in [0.3, 0.4) is 0 Å². The maximum Gasteiger partial charge on any atom is 0.119 e. The van der Waals surface area contributed by atoms with Crippen LogP contribution in [-0.2, 0) is 0 Å². The Balaban J connectivity index is 3.76. The number of nitriles is 1. The normalized spacial score (nSPS) is 11.6. The van der Waals surface area contributed by atoms with E-state index in [1.54, 1.807) is 0 Å². The van der Waals surface area contributed by atoms with Crippen LogP contribution in [0.1, 0.15) is 0 Å². The number of nitrogens with zero attached hydrogens (tertiary/aromatic N) is 2. The van der Waals surface area contributed by atoms with Gasteiger partial charge in [0.05, 0.1) is 12.6 Å². The van der Waals surface area contributed by atoms with Gasteiger partial charge in [-0.15, -0.1) is 0 Å². The van der Waals surface area contributed by atoms with Crippen molar-refractivity contribution < 1.29 is 0 Å². The zero-order chi connectivity index (χ0) is 7.49. The van der Waals surface area contributed by atoms with Gasteiger partial charge in [0.2, 0.25) is 0 Å². The van der Waals surface area contributed by atoms with E-state index >= 15 is 0 Å². The minimum Gasteiger partial charge on any atom is -0.315 e. The monoisotopic (exact) mass is 142 g/mol. The van der Waals surface area contributed by atoms with Gasteiger partial charge >= 0.3 is 0 Å². The molecule has 0 saturated heterocycles. The van der Waals surface area contributed by atoms with Gasteiger partial charge in [0, 0.05) is 0 Å². The lowest BCUT2D eigenvalue weighted by Gasteiger charge is -2.26. The van der Waals surface area contributed by atoms with E-state index in [-0.39, 0.29) is 0 Å². The summed E-state index contributed by atoms with van der Waals surface area (Å²) in [5, 5.41) is 8.33. The first-order valence-corrected chi connectivity index (χ1v) is 6.51. The topological polar surface area (TPSA) is 27.0 Å². The third-order valence-electron chi connectivity index (χ3n) is 1.45. The van der Waals surface area contributed by atoms with Gasteiger partial charge in [-0.2, -0.15) is 5.26 Å². The highest BCUT2D eigenvalue weighted by atomic mass is 28.3. The second-order valence-corrected chi connectivity index (χ2v) is 8.29. The Kier molecular flexibility index (Phi) is 2.88. The molecule has 0 spiro atoms. The molecule has 0 saturated carbocycles. The Morgan fingerprint density at radius 2 is 1.89 bits per heavy atom. The van der Waals surface area contributed by atoms with E-state index < -0.39 is 8.24 Å². The molecule has 0 radical (unpaired) electrons. The molecule has 0 heterocycles. The smallest absolute Gasteiger partial charge is 0.119 e. The molecule has 0 aromatic carbocycles. The number of hydrogen-bond donors (Lipinski definition) is 0. The third kappa shape index (κ3) is 3.28. The van der Waals surface area contributed by atoms with Gasteiger partial charge in [0.25, 0.3) is 0 Å². The molecule has 52 valence electrons. The average molecular weight is 142 g/mol. The number of hydrogen-bond acceptors (Lipinski definition) is 2. The third-order valence-corrected chi connectivity index (χ3v) is 3.90. The van der Waals surface area contributed by atoms with Gasteiger partial charge in [-0.05, 0) is 7.05 Å². The van der Waals surface area contributed by atoms with Crippen molar-refractivity contribution in [2.75, 3.05) is 13.6 Å². The fourth-order valence-corrected chi connectivity index (χ4v) is 0.888. The van der Waals surface area contributed by atoms with Crippen LogP contribution in [-0.4, -0.2) is 26.4 Å². The van der Waals surface area contributed by atoms with Gasteiger partial charge in [-0.3, -0.25) is 0 Å². The summed E-state index contributed by atoms with van der Waals surface area (Å²) < 4.78 is 2.15. The minimum atomic E-state index is -1.17. The fourth-order valence-electron chi connectivity index (χ4n) is 0.343. The summed E-state index contributed by atoms with van der Waals surface area (Å²) >= 11 is 0. The van der Waals surface area contributed by atoms with E-state index in [1.165, 1.54) is 0 Å². The van der Waals surface area contributed by atoms with Crippen LogP contribution in [0.25, 0.3) is 0 Å². The molecule has 0 amide bonds. The summed E-state index contributed by atoms with van der Waals surface area (Å²) in [7, 11) is 0.839. The van der Waals surface area contributed by atoms with E-state index in [9.17, 15) is 0 Å². The summed E-state index contributed by atoms with van der Waals surface area (Å²) in [5.74, 6) is 0. The Bertz CT molecular complexity index is 120. The first kappa shape index (κ1) is 8.67. The van der Waals surface area contributed by atoms with Crippen LogP contribution in [0.2, 0.25) is 19.6 Å². The Hall–Kier alpha value is -0.333. The van der Waals surface area contributed by atoms with E-state index in [0.29, 0.717) is 6.54 Å². The van der Waals surface area contributed by atoms with Gasteiger partial charge in [0.1, 0.15) is 8.24 Å². The SMILES string of the molecule is CN(CC#N)[Si](C)(C)C. The lowest BCUT2D eigenvalue weighted by atomic mass is 10.7. The van der Waals surface area contributed by atoms with Crippen LogP contribution in [0.5, 0.6) is 0 Å². The highest BCUT2D eigenvalue weighted by Crippen LogP contribution is 2.04. The van der Waals surface area contributed by atoms with Gasteiger partial charge < -0.3 is 4.57 Å². The highest BCUT2D eigenvalue weighted by Gasteiger charge is 2.18. The summed E-state index contributed by atoms with van der Waals surface area (Å²) in [6.07, 6.45) is 0. The standard InChI is InChI=1S/C6H14N2Si/c1-8(6-5-7)9(2,3)4/h6H2,1-4H3. The van der Waals surface area contributed by atoms with Gasteiger partial charge in [-0.25, -0.2) is 0 Å².